The Morgan fingerprint density at radius 3 is 2.88 bits per heavy atom. The fraction of sp³-hybridized carbons (Fsp3) is 0.450. The summed E-state index contributed by atoms with van der Waals surface area (Å²) in [5, 5.41) is 5.98. The molecule has 0 aliphatic carbocycles. The molecule has 1 N–H and O–H groups in total. The molecule has 4 heteroatoms. The fourth-order valence-electron chi connectivity index (χ4n) is 3.33. The highest BCUT2D eigenvalue weighted by Gasteiger charge is 2.24. The third kappa shape index (κ3) is 4.06. The minimum absolute atomic E-state index is 0.611. The average Bonchev–Trinajstić information content (AvgIpc) is 3.07. The van der Waals surface area contributed by atoms with Gasteiger partial charge in [0.1, 0.15) is 0 Å². The van der Waals surface area contributed by atoms with E-state index in [-0.39, 0.29) is 0 Å². The molecule has 2 aromatic carbocycles. The molecule has 0 radical (unpaired) electrons. The summed E-state index contributed by atoms with van der Waals surface area (Å²) in [4.78, 5) is 7.21. The number of rotatable bonds is 5. The summed E-state index contributed by atoms with van der Waals surface area (Å²) < 4.78 is 5.30. The summed E-state index contributed by atoms with van der Waals surface area (Å²) in [5.74, 6) is 1.63. The summed E-state index contributed by atoms with van der Waals surface area (Å²) in [6.07, 6.45) is 1.17. The van der Waals surface area contributed by atoms with E-state index < -0.39 is 0 Å². The molecule has 1 unspecified atom stereocenters. The van der Waals surface area contributed by atoms with Gasteiger partial charge in [0.15, 0.2) is 5.96 Å². The van der Waals surface area contributed by atoms with Gasteiger partial charge in [0.2, 0.25) is 0 Å². The minimum Gasteiger partial charge on any atom is -0.384 e. The van der Waals surface area contributed by atoms with Crippen LogP contribution in [-0.2, 0) is 11.3 Å². The predicted molar refractivity (Wildman–Crippen MR) is 100 cm³/mol. The molecule has 1 heterocycles. The Morgan fingerprint density at radius 1 is 1.25 bits per heavy atom. The topological polar surface area (TPSA) is 36.9 Å². The molecule has 0 saturated carbocycles. The maximum atomic E-state index is 5.30. The second-order valence-corrected chi connectivity index (χ2v) is 6.41. The maximum absolute atomic E-state index is 5.30. The van der Waals surface area contributed by atoms with Crippen LogP contribution in [0.5, 0.6) is 0 Å². The molecule has 0 bridgehead atoms. The number of hydrogen-bond donors (Lipinski definition) is 1. The van der Waals surface area contributed by atoms with Crippen LogP contribution in [0, 0.1) is 5.92 Å². The Labute approximate surface area is 144 Å². The SMILES string of the molecule is CCNC(=NCc1ccc2ccccc2c1)N1CCC(COC)C1. The first-order valence-electron chi connectivity index (χ1n) is 8.80. The van der Waals surface area contributed by atoms with Gasteiger partial charge >= 0.3 is 0 Å². The van der Waals surface area contributed by atoms with Crippen molar-refractivity contribution in [1.82, 2.24) is 10.2 Å². The molecule has 1 aliphatic rings. The van der Waals surface area contributed by atoms with Crippen molar-refractivity contribution >= 4 is 16.7 Å². The maximum Gasteiger partial charge on any atom is 0.194 e. The summed E-state index contributed by atoms with van der Waals surface area (Å²) in [7, 11) is 1.78. The van der Waals surface area contributed by atoms with Gasteiger partial charge in [-0.1, -0.05) is 36.4 Å². The van der Waals surface area contributed by atoms with E-state index in [1.165, 1.54) is 22.8 Å². The van der Waals surface area contributed by atoms with Gasteiger partial charge in [-0.2, -0.15) is 0 Å². The molecule has 1 saturated heterocycles. The first-order valence-corrected chi connectivity index (χ1v) is 8.80. The Balaban J connectivity index is 1.70. The van der Waals surface area contributed by atoms with Crippen molar-refractivity contribution in [1.29, 1.82) is 0 Å². The lowest BCUT2D eigenvalue weighted by molar-refractivity contribution is 0.157. The van der Waals surface area contributed by atoms with Gasteiger partial charge in [-0.05, 0) is 35.7 Å². The predicted octanol–water partition coefficient (Wildman–Crippen LogP) is 3.27. The van der Waals surface area contributed by atoms with E-state index in [0.717, 1.165) is 32.2 Å². The number of guanidine groups is 1. The Morgan fingerprint density at radius 2 is 2.08 bits per heavy atom. The van der Waals surface area contributed by atoms with Crippen LogP contribution in [-0.4, -0.2) is 44.2 Å². The smallest absolute Gasteiger partial charge is 0.194 e. The number of methoxy groups -OCH3 is 1. The third-order valence-corrected chi connectivity index (χ3v) is 4.55. The molecule has 128 valence electrons. The van der Waals surface area contributed by atoms with Crippen molar-refractivity contribution in [3.8, 4) is 0 Å². The third-order valence-electron chi connectivity index (χ3n) is 4.55. The van der Waals surface area contributed by atoms with Gasteiger partial charge in [0.05, 0.1) is 13.2 Å². The van der Waals surface area contributed by atoms with Crippen LogP contribution >= 0.6 is 0 Å². The van der Waals surface area contributed by atoms with Crippen LogP contribution in [0.1, 0.15) is 18.9 Å². The van der Waals surface area contributed by atoms with Crippen LogP contribution in [0.2, 0.25) is 0 Å². The molecule has 0 spiro atoms. The molecule has 0 aromatic heterocycles. The molecule has 1 aliphatic heterocycles. The standard InChI is InChI=1S/C20H27N3O/c1-3-21-20(23-11-10-17(14-23)15-24-2)22-13-16-8-9-18-6-4-5-7-19(18)12-16/h4-9,12,17H,3,10-11,13-15H2,1-2H3,(H,21,22). The zero-order valence-corrected chi connectivity index (χ0v) is 14.7. The van der Waals surface area contributed by atoms with Crippen LogP contribution in [0.15, 0.2) is 47.5 Å². The lowest BCUT2D eigenvalue weighted by Crippen LogP contribution is -2.40. The van der Waals surface area contributed by atoms with E-state index in [2.05, 4.69) is 59.6 Å². The number of nitrogens with zero attached hydrogens (tertiary/aromatic N) is 2. The first-order chi connectivity index (χ1) is 11.8. The normalized spacial score (nSPS) is 18.3. The molecule has 1 fully saturated rings. The molecule has 2 aromatic rings. The molecule has 1 atom stereocenters. The van der Waals surface area contributed by atoms with Crippen molar-refractivity contribution in [2.45, 2.75) is 19.9 Å². The number of ether oxygens (including phenoxy) is 1. The molecule has 0 amide bonds. The zero-order chi connectivity index (χ0) is 16.8. The van der Waals surface area contributed by atoms with Crippen molar-refractivity contribution in [3.05, 3.63) is 48.0 Å². The van der Waals surface area contributed by atoms with Crippen LogP contribution in [0.3, 0.4) is 0 Å². The van der Waals surface area contributed by atoms with Crippen LogP contribution in [0.25, 0.3) is 10.8 Å². The highest BCUT2D eigenvalue weighted by atomic mass is 16.5. The van der Waals surface area contributed by atoms with Crippen molar-refractivity contribution in [3.63, 3.8) is 0 Å². The first kappa shape index (κ1) is 16.8. The van der Waals surface area contributed by atoms with Gasteiger partial charge in [0.25, 0.3) is 0 Å². The van der Waals surface area contributed by atoms with Gasteiger partial charge < -0.3 is 15.0 Å². The number of likely N-dealkylation sites (tertiary alicyclic amines) is 1. The van der Waals surface area contributed by atoms with E-state index in [1.807, 2.05) is 0 Å². The zero-order valence-electron chi connectivity index (χ0n) is 14.7. The number of fused-ring (bicyclic) bond motifs is 1. The van der Waals surface area contributed by atoms with E-state index in [9.17, 15) is 0 Å². The fourth-order valence-corrected chi connectivity index (χ4v) is 3.33. The van der Waals surface area contributed by atoms with Crippen LogP contribution < -0.4 is 5.32 Å². The van der Waals surface area contributed by atoms with E-state index in [4.69, 9.17) is 9.73 Å². The lowest BCUT2D eigenvalue weighted by atomic mass is 10.1. The van der Waals surface area contributed by atoms with E-state index in [1.54, 1.807) is 7.11 Å². The largest absolute Gasteiger partial charge is 0.384 e. The number of benzene rings is 2. The second-order valence-electron chi connectivity index (χ2n) is 6.41. The van der Waals surface area contributed by atoms with Crippen LogP contribution in [0.4, 0.5) is 0 Å². The van der Waals surface area contributed by atoms with Gasteiger partial charge in [-0.15, -0.1) is 0 Å². The van der Waals surface area contributed by atoms with Gasteiger partial charge in [-0.25, -0.2) is 4.99 Å². The van der Waals surface area contributed by atoms with Crippen molar-refractivity contribution in [2.75, 3.05) is 33.4 Å². The Kier molecular flexibility index (Phi) is 5.70. The summed E-state index contributed by atoms with van der Waals surface area (Å²) in [6, 6.07) is 15.0. The average molecular weight is 325 g/mol. The minimum atomic E-state index is 0.611. The quantitative estimate of drug-likeness (QED) is 0.677. The van der Waals surface area contributed by atoms with Crippen molar-refractivity contribution < 1.29 is 4.74 Å². The molecular formula is C20H27N3O. The van der Waals surface area contributed by atoms with Gasteiger partial charge in [-0.3, -0.25) is 0 Å². The van der Waals surface area contributed by atoms with E-state index >= 15 is 0 Å². The number of aliphatic imine (C=N–C) groups is 1. The summed E-state index contributed by atoms with van der Waals surface area (Å²) in [5.41, 5.74) is 1.25. The Hall–Kier alpha value is -2.07. The monoisotopic (exact) mass is 325 g/mol. The van der Waals surface area contributed by atoms with Crippen molar-refractivity contribution in [2.24, 2.45) is 10.9 Å². The highest BCUT2D eigenvalue weighted by Crippen LogP contribution is 2.18. The summed E-state index contributed by atoms with van der Waals surface area (Å²) in [6.45, 7) is 6.63. The van der Waals surface area contributed by atoms with E-state index in [0.29, 0.717) is 12.5 Å². The highest BCUT2D eigenvalue weighted by molar-refractivity contribution is 5.83. The number of nitrogens with one attached hydrogen (secondary N) is 1. The Bertz CT molecular complexity index is 698. The molecule has 24 heavy (non-hydrogen) atoms. The molecule has 3 rings (SSSR count). The molecule has 4 nitrogen and oxygen atoms in total. The van der Waals surface area contributed by atoms with Gasteiger partial charge in [0, 0.05) is 32.7 Å². The second kappa shape index (κ2) is 8.15. The summed E-state index contributed by atoms with van der Waals surface area (Å²) >= 11 is 0. The lowest BCUT2D eigenvalue weighted by Gasteiger charge is -2.21. The number of hydrogen-bond acceptors (Lipinski definition) is 2. The molecular weight excluding hydrogens is 298 g/mol.